The van der Waals surface area contributed by atoms with E-state index in [1.54, 1.807) is 4.90 Å². The van der Waals surface area contributed by atoms with E-state index in [4.69, 9.17) is 9.47 Å². The number of hydrazone groups is 1. The van der Waals surface area contributed by atoms with Gasteiger partial charge >= 0.3 is 6.09 Å². The maximum atomic E-state index is 12.5. The van der Waals surface area contributed by atoms with Crippen molar-refractivity contribution < 1.29 is 19.1 Å². The number of amidine groups is 1. The molecule has 0 spiro atoms. The highest BCUT2D eigenvalue weighted by Gasteiger charge is 2.39. The molecule has 2 N–H and O–H groups in total. The minimum absolute atomic E-state index is 0.162. The lowest BCUT2D eigenvalue weighted by molar-refractivity contribution is -0.122. The van der Waals surface area contributed by atoms with Crippen molar-refractivity contribution in [2.45, 2.75) is 58.2 Å². The molecule has 9 nitrogen and oxygen atoms in total. The molecule has 0 bridgehead atoms. The van der Waals surface area contributed by atoms with Crippen LogP contribution in [0.1, 0.15) is 41.0 Å². The van der Waals surface area contributed by atoms with Crippen molar-refractivity contribution in [1.29, 1.82) is 0 Å². The fourth-order valence-corrected chi connectivity index (χ4v) is 4.43. The summed E-state index contributed by atoms with van der Waals surface area (Å²) in [6.45, 7) is 11.0. The first-order valence-electron chi connectivity index (χ1n) is 10.3. The molecular weight excluding hydrogens is 466 g/mol. The van der Waals surface area contributed by atoms with Crippen LogP contribution in [0.15, 0.2) is 21.7 Å². The summed E-state index contributed by atoms with van der Waals surface area (Å²) in [5.74, 6) is 1.19. The predicted octanol–water partition coefficient (Wildman–Crippen LogP) is 3.29. The quantitative estimate of drug-likeness (QED) is 0.656. The lowest BCUT2D eigenvalue weighted by Gasteiger charge is -2.38. The minimum atomic E-state index is -0.526. The number of ether oxygens (including phenoxy) is 2. The zero-order valence-corrected chi connectivity index (χ0v) is 20.0. The molecule has 31 heavy (non-hydrogen) atoms. The second kappa shape index (κ2) is 7.58. The van der Waals surface area contributed by atoms with Crippen LogP contribution in [0.4, 0.5) is 16.2 Å². The molecule has 0 radical (unpaired) electrons. The Bertz CT molecular complexity index is 960. The SMILES string of the molecule is CC1C(=O)NN=C2COc3cc(Br)c(N[C@]4(C)CCN(C(=O)OC(C)(C)C)C4)cc3N21. The van der Waals surface area contributed by atoms with Crippen LogP contribution in [-0.4, -0.2) is 59.6 Å². The molecular formula is C21H28BrN5O4. The van der Waals surface area contributed by atoms with Gasteiger partial charge in [-0.05, 0) is 69.1 Å². The molecule has 3 heterocycles. The van der Waals surface area contributed by atoms with Gasteiger partial charge in [0.05, 0.1) is 16.9 Å². The Hall–Kier alpha value is -2.49. The second-order valence-electron chi connectivity index (χ2n) is 9.48. The van der Waals surface area contributed by atoms with Crippen molar-refractivity contribution in [2.75, 3.05) is 29.9 Å². The van der Waals surface area contributed by atoms with Gasteiger partial charge < -0.3 is 24.6 Å². The number of hydrogen-bond donors (Lipinski definition) is 2. The molecule has 1 saturated heterocycles. The summed E-state index contributed by atoms with van der Waals surface area (Å²) in [5, 5.41) is 7.72. The number of rotatable bonds is 2. The van der Waals surface area contributed by atoms with Crippen LogP contribution in [0.25, 0.3) is 0 Å². The molecule has 3 aliphatic heterocycles. The zero-order valence-electron chi connectivity index (χ0n) is 18.4. The topological polar surface area (TPSA) is 95.5 Å². The van der Waals surface area contributed by atoms with Crippen molar-refractivity contribution in [1.82, 2.24) is 10.3 Å². The maximum Gasteiger partial charge on any atom is 0.410 e. The van der Waals surface area contributed by atoms with Crippen LogP contribution in [0.5, 0.6) is 5.75 Å². The van der Waals surface area contributed by atoms with Crippen LogP contribution in [0, 0.1) is 0 Å². The number of carbonyl (C=O) groups is 2. The van der Waals surface area contributed by atoms with Gasteiger partial charge in [-0.3, -0.25) is 4.79 Å². The maximum absolute atomic E-state index is 12.5. The van der Waals surface area contributed by atoms with Crippen LogP contribution < -0.4 is 20.4 Å². The van der Waals surface area contributed by atoms with Crippen molar-refractivity contribution in [3.8, 4) is 5.75 Å². The van der Waals surface area contributed by atoms with E-state index in [0.29, 0.717) is 31.3 Å². The summed E-state index contributed by atoms with van der Waals surface area (Å²) in [6.07, 6.45) is 0.478. The lowest BCUT2D eigenvalue weighted by Crippen LogP contribution is -2.55. The molecule has 1 aromatic carbocycles. The van der Waals surface area contributed by atoms with Gasteiger partial charge in [0.1, 0.15) is 24.0 Å². The number of anilines is 2. The molecule has 0 saturated carbocycles. The van der Waals surface area contributed by atoms with E-state index in [1.165, 1.54) is 0 Å². The van der Waals surface area contributed by atoms with E-state index in [-0.39, 0.29) is 17.5 Å². The monoisotopic (exact) mass is 493 g/mol. The number of carbonyl (C=O) groups excluding carboxylic acids is 2. The number of nitrogens with zero attached hydrogens (tertiary/aromatic N) is 3. The van der Waals surface area contributed by atoms with Crippen LogP contribution in [-0.2, 0) is 9.53 Å². The zero-order chi connectivity index (χ0) is 22.6. The Morgan fingerprint density at radius 2 is 2.16 bits per heavy atom. The summed E-state index contributed by atoms with van der Waals surface area (Å²) < 4.78 is 12.2. The number of nitrogens with one attached hydrogen (secondary N) is 2. The van der Waals surface area contributed by atoms with Crippen LogP contribution >= 0.6 is 15.9 Å². The normalized spacial score (nSPS) is 25.2. The predicted molar refractivity (Wildman–Crippen MR) is 122 cm³/mol. The molecule has 4 rings (SSSR count). The Morgan fingerprint density at radius 1 is 1.42 bits per heavy atom. The molecule has 168 valence electrons. The summed E-state index contributed by atoms with van der Waals surface area (Å²) in [6, 6.07) is 3.47. The first kappa shape index (κ1) is 21.7. The van der Waals surface area contributed by atoms with Crippen LogP contribution in [0.2, 0.25) is 0 Å². The van der Waals surface area contributed by atoms with Crippen molar-refractivity contribution in [2.24, 2.45) is 5.10 Å². The van der Waals surface area contributed by atoms with Crippen molar-refractivity contribution >= 4 is 45.1 Å². The van der Waals surface area contributed by atoms with Gasteiger partial charge in [-0.1, -0.05) is 0 Å². The summed E-state index contributed by atoms with van der Waals surface area (Å²) >= 11 is 3.63. The Kier molecular flexibility index (Phi) is 5.31. The van der Waals surface area contributed by atoms with Crippen LogP contribution in [0.3, 0.4) is 0 Å². The Morgan fingerprint density at radius 3 is 2.87 bits per heavy atom. The van der Waals surface area contributed by atoms with Gasteiger partial charge in [-0.2, -0.15) is 5.10 Å². The largest absolute Gasteiger partial charge is 0.483 e. The highest BCUT2D eigenvalue weighted by Crippen LogP contribution is 2.42. The molecule has 0 aromatic heterocycles. The van der Waals surface area contributed by atoms with E-state index in [1.807, 2.05) is 44.7 Å². The number of halogens is 1. The summed E-state index contributed by atoms with van der Waals surface area (Å²) in [4.78, 5) is 28.3. The third-order valence-corrected chi connectivity index (χ3v) is 6.22. The standard InChI is InChI=1S/C21H28BrN5O4/c1-12-18(28)25-24-17-10-30-16-8-13(22)14(9-15(16)27(12)17)23-21(5)6-7-26(11-21)19(29)31-20(2,3)4/h8-9,12,23H,6-7,10-11H2,1-5H3,(H,25,28)/t12?,21-/m1/s1. The molecule has 3 aliphatic rings. The molecule has 0 aliphatic carbocycles. The Labute approximate surface area is 190 Å². The number of hydrogen-bond acceptors (Lipinski definition) is 7. The first-order valence-corrected chi connectivity index (χ1v) is 11.1. The van der Waals surface area contributed by atoms with E-state index in [0.717, 1.165) is 22.3 Å². The van der Waals surface area contributed by atoms with Crippen molar-refractivity contribution in [3.05, 3.63) is 16.6 Å². The molecule has 10 heteroatoms. The second-order valence-corrected chi connectivity index (χ2v) is 10.3. The number of amides is 2. The van der Waals surface area contributed by atoms with Gasteiger partial charge in [0.15, 0.2) is 5.84 Å². The average molecular weight is 494 g/mol. The van der Waals surface area contributed by atoms with E-state index in [9.17, 15) is 9.59 Å². The fourth-order valence-electron chi connectivity index (χ4n) is 4.01. The fraction of sp³-hybridized carbons (Fsp3) is 0.571. The number of fused-ring (bicyclic) bond motifs is 3. The first-order chi connectivity index (χ1) is 14.5. The van der Waals surface area contributed by atoms with Crippen molar-refractivity contribution in [3.63, 3.8) is 0 Å². The van der Waals surface area contributed by atoms with E-state index < -0.39 is 11.6 Å². The Balaban J connectivity index is 1.56. The third kappa shape index (κ3) is 4.30. The molecule has 1 aromatic rings. The van der Waals surface area contributed by atoms with Gasteiger partial charge in [0, 0.05) is 17.6 Å². The van der Waals surface area contributed by atoms with Gasteiger partial charge in [0.2, 0.25) is 0 Å². The highest BCUT2D eigenvalue weighted by molar-refractivity contribution is 9.10. The van der Waals surface area contributed by atoms with Gasteiger partial charge in [0.25, 0.3) is 5.91 Å². The smallest absolute Gasteiger partial charge is 0.410 e. The molecule has 2 atom stereocenters. The summed E-state index contributed by atoms with van der Waals surface area (Å²) in [7, 11) is 0. The molecule has 1 fully saturated rings. The van der Waals surface area contributed by atoms with Gasteiger partial charge in [-0.15, -0.1) is 0 Å². The van der Waals surface area contributed by atoms with E-state index >= 15 is 0 Å². The molecule has 2 amide bonds. The minimum Gasteiger partial charge on any atom is -0.483 e. The highest BCUT2D eigenvalue weighted by atomic mass is 79.9. The van der Waals surface area contributed by atoms with Gasteiger partial charge in [-0.25, -0.2) is 10.2 Å². The number of benzene rings is 1. The molecule has 1 unspecified atom stereocenters. The van der Waals surface area contributed by atoms with E-state index in [2.05, 4.69) is 38.7 Å². The summed E-state index contributed by atoms with van der Waals surface area (Å²) in [5.41, 5.74) is 3.32. The lowest BCUT2D eigenvalue weighted by atomic mass is 10.0. The average Bonchev–Trinajstić information content (AvgIpc) is 3.06. The third-order valence-electron chi connectivity index (χ3n) is 5.57. The number of likely N-dealkylation sites (tertiary alicyclic amines) is 1.